The summed E-state index contributed by atoms with van der Waals surface area (Å²) < 4.78 is 0. The Kier molecular flexibility index (Phi) is 2.97. The van der Waals surface area contributed by atoms with E-state index in [9.17, 15) is 4.79 Å². The topological polar surface area (TPSA) is 46.3 Å². The van der Waals surface area contributed by atoms with Crippen molar-refractivity contribution in [1.82, 2.24) is 4.90 Å². The van der Waals surface area contributed by atoms with Gasteiger partial charge >= 0.3 is 0 Å². The number of carbonyl (C=O) groups excluding carboxylic acids is 1. The number of rotatable bonds is 1. The number of nitrogens with two attached hydrogens (primary N) is 1. The van der Waals surface area contributed by atoms with E-state index >= 15 is 0 Å². The predicted octanol–water partition coefficient (Wildman–Crippen LogP) is 1.56. The average molecular weight is 218 g/mol. The standard InChI is InChI=1S/C13H18N2O/c1-9-4-3-5-11(8-9)13(16)15-7-6-12(14)10(15)2/h3-5,8,10,12H,6-7,14H2,1-2H3. The molecule has 2 rings (SSSR count). The molecule has 1 fully saturated rings. The molecule has 3 nitrogen and oxygen atoms in total. The fourth-order valence-electron chi connectivity index (χ4n) is 2.19. The Morgan fingerprint density at radius 3 is 2.81 bits per heavy atom. The quantitative estimate of drug-likeness (QED) is 0.777. The van der Waals surface area contributed by atoms with E-state index in [2.05, 4.69) is 0 Å². The van der Waals surface area contributed by atoms with Crippen molar-refractivity contribution in [2.75, 3.05) is 6.54 Å². The lowest BCUT2D eigenvalue weighted by atomic mass is 10.1. The van der Waals surface area contributed by atoms with Crippen LogP contribution in [-0.2, 0) is 0 Å². The van der Waals surface area contributed by atoms with Gasteiger partial charge in [0.15, 0.2) is 0 Å². The molecule has 1 aliphatic heterocycles. The van der Waals surface area contributed by atoms with Crippen LogP contribution in [0.15, 0.2) is 24.3 Å². The normalized spacial score (nSPS) is 24.8. The van der Waals surface area contributed by atoms with Crippen LogP contribution in [-0.4, -0.2) is 29.4 Å². The maximum atomic E-state index is 12.2. The molecule has 1 amide bonds. The summed E-state index contributed by atoms with van der Waals surface area (Å²) in [5, 5.41) is 0. The first-order chi connectivity index (χ1) is 7.59. The van der Waals surface area contributed by atoms with Gasteiger partial charge in [0.05, 0.1) is 0 Å². The minimum absolute atomic E-state index is 0.101. The molecule has 1 aromatic rings. The van der Waals surface area contributed by atoms with E-state index in [4.69, 9.17) is 5.73 Å². The second kappa shape index (κ2) is 4.26. The maximum Gasteiger partial charge on any atom is 0.254 e. The minimum Gasteiger partial charge on any atom is -0.334 e. The van der Waals surface area contributed by atoms with Crippen molar-refractivity contribution in [2.24, 2.45) is 5.73 Å². The third-order valence-corrected chi connectivity index (χ3v) is 3.34. The zero-order valence-electron chi connectivity index (χ0n) is 9.81. The Hall–Kier alpha value is -1.35. The molecule has 0 spiro atoms. The highest BCUT2D eigenvalue weighted by molar-refractivity contribution is 5.94. The molecule has 16 heavy (non-hydrogen) atoms. The van der Waals surface area contributed by atoms with Crippen molar-refractivity contribution >= 4 is 5.91 Å². The van der Waals surface area contributed by atoms with Crippen LogP contribution < -0.4 is 5.73 Å². The van der Waals surface area contributed by atoms with Crippen LogP contribution in [0, 0.1) is 6.92 Å². The number of carbonyl (C=O) groups is 1. The second-order valence-corrected chi connectivity index (χ2v) is 4.56. The maximum absolute atomic E-state index is 12.2. The number of hydrogen-bond donors (Lipinski definition) is 1. The van der Waals surface area contributed by atoms with Crippen LogP contribution in [0.2, 0.25) is 0 Å². The molecule has 3 heteroatoms. The zero-order chi connectivity index (χ0) is 11.7. The third-order valence-electron chi connectivity index (χ3n) is 3.34. The van der Waals surface area contributed by atoms with E-state index < -0.39 is 0 Å². The number of nitrogens with zero attached hydrogens (tertiary/aromatic N) is 1. The summed E-state index contributed by atoms with van der Waals surface area (Å²) in [6, 6.07) is 7.98. The number of hydrogen-bond acceptors (Lipinski definition) is 2. The van der Waals surface area contributed by atoms with E-state index in [1.807, 2.05) is 43.0 Å². The minimum atomic E-state index is 0.101. The van der Waals surface area contributed by atoms with E-state index in [1.165, 1.54) is 0 Å². The summed E-state index contributed by atoms with van der Waals surface area (Å²) in [5.41, 5.74) is 7.80. The van der Waals surface area contributed by atoms with Crippen LogP contribution in [0.4, 0.5) is 0 Å². The third kappa shape index (κ3) is 1.95. The monoisotopic (exact) mass is 218 g/mol. The van der Waals surface area contributed by atoms with Crippen molar-refractivity contribution in [3.8, 4) is 0 Å². The number of aryl methyl sites for hydroxylation is 1. The molecule has 0 aromatic heterocycles. The summed E-state index contributed by atoms with van der Waals surface area (Å²) in [6.07, 6.45) is 0.902. The highest BCUT2D eigenvalue weighted by atomic mass is 16.2. The Morgan fingerprint density at radius 2 is 2.25 bits per heavy atom. The van der Waals surface area contributed by atoms with Gasteiger partial charge in [0.2, 0.25) is 0 Å². The van der Waals surface area contributed by atoms with Crippen LogP contribution >= 0.6 is 0 Å². The molecule has 2 unspecified atom stereocenters. The first kappa shape index (κ1) is 11.1. The van der Waals surface area contributed by atoms with Gasteiger partial charge in [0.25, 0.3) is 5.91 Å². The molecule has 2 N–H and O–H groups in total. The average Bonchev–Trinajstić information content (AvgIpc) is 2.59. The molecule has 1 aromatic carbocycles. The van der Waals surface area contributed by atoms with Gasteiger partial charge in [0, 0.05) is 24.2 Å². The summed E-state index contributed by atoms with van der Waals surface area (Å²) in [7, 11) is 0. The van der Waals surface area contributed by atoms with Crippen LogP contribution in [0.1, 0.15) is 29.3 Å². The number of amides is 1. The first-order valence-electron chi connectivity index (χ1n) is 5.73. The highest BCUT2D eigenvalue weighted by Crippen LogP contribution is 2.19. The summed E-state index contributed by atoms with van der Waals surface area (Å²) in [5.74, 6) is 0.101. The molecule has 1 aliphatic rings. The van der Waals surface area contributed by atoms with Gasteiger partial charge in [-0.05, 0) is 32.4 Å². The van der Waals surface area contributed by atoms with Crippen molar-refractivity contribution in [1.29, 1.82) is 0 Å². The van der Waals surface area contributed by atoms with Crippen LogP contribution in [0.5, 0.6) is 0 Å². The van der Waals surface area contributed by atoms with Gasteiger partial charge in [-0.15, -0.1) is 0 Å². The smallest absolute Gasteiger partial charge is 0.254 e. The summed E-state index contributed by atoms with van der Waals surface area (Å²) in [4.78, 5) is 14.1. The molecule has 0 radical (unpaired) electrons. The van der Waals surface area contributed by atoms with E-state index in [1.54, 1.807) is 0 Å². The van der Waals surface area contributed by atoms with Crippen molar-refractivity contribution in [3.05, 3.63) is 35.4 Å². The molecular weight excluding hydrogens is 200 g/mol. The molecule has 0 aliphatic carbocycles. The second-order valence-electron chi connectivity index (χ2n) is 4.56. The SMILES string of the molecule is Cc1cccc(C(=O)N2CCC(N)C2C)c1. The first-order valence-corrected chi connectivity index (χ1v) is 5.73. The van der Waals surface area contributed by atoms with Crippen molar-refractivity contribution in [3.63, 3.8) is 0 Å². The van der Waals surface area contributed by atoms with Gasteiger partial charge in [-0.1, -0.05) is 17.7 Å². The van der Waals surface area contributed by atoms with Gasteiger partial charge < -0.3 is 10.6 Å². The van der Waals surface area contributed by atoms with Crippen LogP contribution in [0.25, 0.3) is 0 Å². The summed E-state index contributed by atoms with van der Waals surface area (Å²) in [6.45, 7) is 4.79. The molecular formula is C13H18N2O. The molecule has 0 saturated carbocycles. The molecule has 86 valence electrons. The van der Waals surface area contributed by atoms with Gasteiger partial charge in [-0.25, -0.2) is 0 Å². The Bertz CT molecular complexity index is 403. The summed E-state index contributed by atoms with van der Waals surface area (Å²) >= 11 is 0. The van der Waals surface area contributed by atoms with Crippen LogP contribution in [0.3, 0.4) is 0 Å². The zero-order valence-corrected chi connectivity index (χ0v) is 9.81. The highest BCUT2D eigenvalue weighted by Gasteiger charge is 2.31. The van der Waals surface area contributed by atoms with Gasteiger partial charge in [-0.2, -0.15) is 0 Å². The Balaban J connectivity index is 2.20. The van der Waals surface area contributed by atoms with Gasteiger partial charge in [-0.3, -0.25) is 4.79 Å². The number of benzene rings is 1. The number of likely N-dealkylation sites (tertiary alicyclic amines) is 1. The molecule has 2 atom stereocenters. The van der Waals surface area contributed by atoms with E-state index in [0.717, 1.165) is 24.1 Å². The lowest BCUT2D eigenvalue weighted by Gasteiger charge is -2.23. The largest absolute Gasteiger partial charge is 0.334 e. The predicted molar refractivity (Wildman–Crippen MR) is 64.3 cm³/mol. The fraction of sp³-hybridized carbons (Fsp3) is 0.462. The van der Waals surface area contributed by atoms with Crippen molar-refractivity contribution < 1.29 is 4.79 Å². The molecule has 1 saturated heterocycles. The molecule has 1 heterocycles. The van der Waals surface area contributed by atoms with E-state index in [0.29, 0.717) is 0 Å². The fourth-order valence-corrected chi connectivity index (χ4v) is 2.19. The van der Waals surface area contributed by atoms with Gasteiger partial charge in [0.1, 0.15) is 0 Å². The lowest BCUT2D eigenvalue weighted by Crippen LogP contribution is -2.40. The Morgan fingerprint density at radius 1 is 1.50 bits per heavy atom. The lowest BCUT2D eigenvalue weighted by molar-refractivity contribution is 0.0742. The molecule has 0 bridgehead atoms. The van der Waals surface area contributed by atoms with Crippen molar-refractivity contribution in [2.45, 2.75) is 32.4 Å². The van der Waals surface area contributed by atoms with E-state index in [-0.39, 0.29) is 18.0 Å². The Labute approximate surface area is 96.2 Å².